The topological polar surface area (TPSA) is 77.2 Å². The van der Waals surface area contributed by atoms with Gasteiger partial charge in [-0.05, 0) is 32.0 Å². The normalized spacial score (nSPS) is 23.6. The number of amides is 1. The molecule has 2 aliphatic heterocycles. The first kappa shape index (κ1) is 16.3. The van der Waals surface area contributed by atoms with E-state index < -0.39 is 0 Å². The van der Waals surface area contributed by atoms with E-state index in [4.69, 9.17) is 4.74 Å². The molecule has 134 valence electrons. The maximum atomic E-state index is 12.5. The summed E-state index contributed by atoms with van der Waals surface area (Å²) in [6.07, 6.45) is 3.78. The molecule has 8 nitrogen and oxygen atoms in total. The highest BCUT2D eigenvalue weighted by Crippen LogP contribution is 2.27. The number of nitrogens with one attached hydrogen (secondary N) is 1. The first-order valence-corrected chi connectivity index (χ1v) is 8.78. The van der Waals surface area contributed by atoms with Crippen molar-refractivity contribution in [2.24, 2.45) is 7.05 Å². The Morgan fingerprint density at radius 2 is 2.28 bits per heavy atom. The van der Waals surface area contributed by atoms with Crippen LogP contribution in [-0.4, -0.2) is 63.2 Å². The van der Waals surface area contributed by atoms with Crippen LogP contribution in [0.1, 0.15) is 34.3 Å². The molecule has 2 aliphatic rings. The van der Waals surface area contributed by atoms with Crippen molar-refractivity contribution in [2.45, 2.75) is 31.5 Å². The van der Waals surface area contributed by atoms with Gasteiger partial charge < -0.3 is 10.1 Å². The summed E-state index contributed by atoms with van der Waals surface area (Å²) >= 11 is 0. The summed E-state index contributed by atoms with van der Waals surface area (Å²) in [7, 11) is 4.01. The molecule has 2 atom stereocenters. The van der Waals surface area contributed by atoms with Crippen molar-refractivity contribution in [3.05, 3.63) is 35.4 Å². The van der Waals surface area contributed by atoms with Crippen molar-refractivity contribution in [1.82, 2.24) is 29.8 Å². The molecule has 2 aromatic heterocycles. The predicted molar refractivity (Wildman–Crippen MR) is 91.2 cm³/mol. The van der Waals surface area contributed by atoms with Gasteiger partial charge in [0.05, 0.1) is 24.4 Å². The van der Waals surface area contributed by atoms with Gasteiger partial charge in [0.1, 0.15) is 5.69 Å². The highest BCUT2D eigenvalue weighted by Gasteiger charge is 2.33. The van der Waals surface area contributed by atoms with E-state index in [1.807, 2.05) is 28.5 Å². The SMILES string of the molecule is CN1CCO[C@@H](CNC(=O)c2cc3n(n2)CCC3)[C@@H]1c1ccnn1C. The standard InChI is InChI=1S/C17H24N6O2/c1-21-8-9-25-15(16(21)14-5-6-19-22(14)2)11-18-17(24)13-10-12-4-3-7-23(12)20-13/h5-6,10,15-16H,3-4,7-9,11H2,1-2H3,(H,18,24)/t15-,16-/m0/s1. The van der Waals surface area contributed by atoms with E-state index in [2.05, 4.69) is 27.5 Å². The Labute approximate surface area is 146 Å². The third kappa shape index (κ3) is 3.07. The van der Waals surface area contributed by atoms with E-state index in [-0.39, 0.29) is 18.1 Å². The highest BCUT2D eigenvalue weighted by atomic mass is 16.5. The summed E-state index contributed by atoms with van der Waals surface area (Å²) in [6, 6.07) is 3.97. The van der Waals surface area contributed by atoms with Gasteiger partial charge in [-0.25, -0.2) is 0 Å². The first-order chi connectivity index (χ1) is 12.1. The maximum absolute atomic E-state index is 12.5. The highest BCUT2D eigenvalue weighted by molar-refractivity contribution is 5.92. The lowest BCUT2D eigenvalue weighted by Gasteiger charge is -2.39. The van der Waals surface area contributed by atoms with E-state index in [0.29, 0.717) is 18.8 Å². The van der Waals surface area contributed by atoms with Crippen molar-refractivity contribution < 1.29 is 9.53 Å². The fourth-order valence-electron chi connectivity index (χ4n) is 3.78. The Morgan fingerprint density at radius 1 is 1.40 bits per heavy atom. The minimum Gasteiger partial charge on any atom is -0.373 e. The van der Waals surface area contributed by atoms with Crippen LogP contribution in [0.15, 0.2) is 18.3 Å². The van der Waals surface area contributed by atoms with Gasteiger partial charge in [-0.2, -0.15) is 10.2 Å². The molecule has 0 saturated carbocycles. The molecule has 0 spiro atoms. The fraction of sp³-hybridized carbons (Fsp3) is 0.588. The molecule has 0 aliphatic carbocycles. The van der Waals surface area contributed by atoms with Crippen molar-refractivity contribution in [1.29, 1.82) is 0 Å². The van der Waals surface area contributed by atoms with Crippen molar-refractivity contribution >= 4 is 5.91 Å². The second kappa shape index (κ2) is 6.61. The van der Waals surface area contributed by atoms with Crippen molar-refractivity contribution in [3.8, 4) is 0 Å². The van der Waals surface area contributed by atoms with Crippen LogP contribution in [0.5, 0.6) is 0 Å². The predicted octanol–water partition coefficient (Wildman–Crippen LogP) is 0.365. The van der Waals surface area contributed by atoms with Crippen LogP contribution in [0, 0.1) is 0 Å². The van der Waals surface area contributed by atoms with Gasteiger partial charge >= 0.3 is 0 Å². The number of aryl methyl sites for hydroxylation is 3. The lowest BCUT2D eigenvalue weighted by molar-refractivity contribution is -0.0629. The molecule has 1 saturated heterocycles. The minimum atomic E-state index is -0.137. The molecule has 1 amide bonds. The van der Waals surface area contributed by atoms with Gasteiger partial charge in [0.2, 0.25) is 0 Å². The van der Waals surface area contributed by atoms with E-state index in [1.165, 1.54) is 0 Å². The van der Waals surface area contributed by atoms with Gasteiger partial charge in [-0.3, -0.25) is 19.1 Å². The minimum absolute atomic E-state index is 0.0635. The third-order valence-electron chi connectivity index (χ3n) is 5.13. The summed E-state index contributed by atoms with van der Waals surface area (Å²) in [5, 5.41) is 11.7. The van der Waals surface area contributed by atoms with Crippen molar-refractivity contribution in [3.63, 3.8) is 0 Å². The fourth-order valence-corrected chi connectivity index (χ4v) is 3.78. The number of hydrogen-bond acceptors (Lipinski definition) is 5. The molecule has 1 fully saturated rings. The number of nitrogens with zero attached hydrogens (tertiary/aromatic N) is 5. The summed E-state index contributed by atoms with van der Waals surface area (Å²) < 4.78 is 9.76. The Balaban J connectivity index is 1.44. The summed E-state index contributed by atoms with van der Waals surface area (Å²) in [5.41, 5.74) is 2.73. The largest absolute Gasteiger partial charge is 0.373 e. The zero-order valence-electron chi connectivity index (χ0n) is 14.7. The zero-order chi connectivity index (χ0) is 17.4. The molecule has 4 heterocycles. The summed E-state index contributed by atoms with van der Waals surface area (Å²) in [6.45, 7) is 2.86. The number of fused-ring (bicyclic) bond motifs is 1. The number of ether oxygens (including phenoxy) is 1. The zero-order valence-corrected chi connectivity index (χ0v) is 14.7. The van der Waals surface area contributed by atoms with Crippen molar-refractivity contribution in [2.75, 3.05) is 26.7 Å². The van der Waals surface area contributed by atoms with Crippen LogP contribution < -0.4 is 5.32 Å². The number of morpholine rings is 1. The molecule has 1 N–H and O–H groups in total. The Bertz CT molecular complexity index is 746. The number of hydrogen-bond donors (Lipinski definition) is 1. The number of aromatic nitrogens is 4. The van der Waals surface area contributed by atoms with Gasteiger partial charge in [-0.1, -0.05) is 0 Å². The number of carbonyl (C=O) groups excluding carboxylic acids is 1. The molecule has 8 heteroatoms. The number of carbonyl (C=O) groups is 1. The Hall–Kier alpha value is -2.19. The van der Waals surface area contributed by atoms with Crippen LogP contribution in [0.2, 0.25) is 0 Å². The Morgan fingerprint density at radius 3 is 3.04 bits per heavy atom. The van der Waals surface area contributed by atoms with E-state index in [0.717, 1.165) is 37.3 Å². The summed E-state index contributed by atoms with van der Waals surface area (Å²) in [5.74, 6) is -0.137. The van der Waals surface area contributed by atoms with Crippen LogP contribution in [0.4, 0.5) is 0 Å². The van der Waals surface area contributed by atoms with E-state index >= 15 is 0 Å². The average molecular weight is 344 g/mol. The molecular weight excluding hydrogens is 320 g/mol. The molecule has 0 aromatic carbocycles. The molecule has 4 rings (SSSR count). The third-order valence-corrected chi connectivity index (χ3v) is 5.13. The summed E-state index contributed by atoms with van der Waals surface area (Å²) in [4.78, 5) is 14.7. The van der Waals surface area contributed by atoms with Crippen LogP contribution in [-0.2, 0) is 24.8 Å². The first-order valence-electron chi connectivity index (χ1n) is 8.78. The molecule has 0 radical (unpaired) electrons. The van der Waals surface area contributed by atoms with Gasteiger partial charge in [0, 0.05) is 38.6 Å². The number of rotatable bonds is 4. The lowest BCUT2D eigenvalue weighted by Crippen LogP contribution is -2.48. The number of likely N-dealkylation sites (N-methyl/N-ethyl adjacent to an activating group) is 1. The molecule has 0 bridgehead atoms. The molecule has 2 aromatic rings. The molecular formula is C17H24N6O2. The quantitative estimate of drug-likeness (QED) is 0.867. The maximum Gasteiger partial charge on any atom is 0.271 e. The van der Waals surface area contributed by atoms with E-state index in [9.17, 15) is 4.79 Å². The molecule has 25 heavy (non-hydrogen) atoms. The lowest BCUT2D eigenvalue weighted by atomic mass is 10.0. The average Bonchev–Trinajstić information content (AvgIpc) is 3.28. The second-order valence-electron chi connectivity index (χ2n) is 6.77. The second-order valence-corrected chi connectivity index (χ2v) is 6.77. The van der Waals surface area contributed by atoms with E-state index in [1.54, 1.807) is 6.20 Å². The van der Waals surface area contributed by atoms with Gasteiger partial charge in [0.25, 0.3) is 5.91 Å². The van der Waals surface area contributed by atoms with Gasteiger partial charge in [-0.15, -0.1) is 0 Å². The monoisotopic (exact) mass is 344 g/mol. The van der Waals surface area contributed by atoms with Gasteiger partial charge in [0.15, 0.2) is 0 Å². The van der Waals surface area contributed by atoms with Crippen LogP contribution >= 0.6 is 0 Å². The van der Waals surface area contributed by atoms with Crippen LogP contribution in [0.3, 0.4) is 0 Å². The van der Waals surface area contributed by atoms with Crippen LogP contribution in [0.25, 0.3) is 0 Å². The Kier molecular flexibility index (Phi) is 4.30. The molecule has 0 unspecified atom stereocenters. The smallest absolute Gasteiger partial charge is 0.271 e.